The van der Waals surface area contributed by atoms with E-state index in [4.69, 9.17) is 0 Å². The maximum absolute atomic E-state index is 12.6. The fraction of sp³-hybridized carbons (Fsp3) is 0.294. The van der Waals surface area contributed by atoms with Gasteiger partial charge >= 0.3 is 6.18 Å². The van der Waals surface area contributed by atoms with Gasteiger partial charge in [0.05, 0.1) is 11.6 Å². The molecule has 2 aromatic rings. The molecule has 0 unspecified atom stereocenters. The number of halogens is 3. The van der Waals surface area contributed by atoms with Gasteiger partial charge in [-0.15, -0.1) is 0 Å². The van der Waals surface area contributed by atoms with E-state index in [9.17, 15) is 22.8 Å². The summed E-state index contributed by atoms with van der Waals surface area (Å²) in [5.74, 6) is -0.507. The van der Waals surface area contributed by atoms with Crippen LogP contribution in [-0.2, 0) is 6.18 Å². The van der Waals surface area contributed by atoms with Gasteiger partial charge < -0.3 is 10.3 Å². The molecule has 4 nitrogen and oxygen atoms in total. The molecule has 1 aromatic carbocycles. The van der Waals surface area contributed by atoms with Crippen LogP contribution >= 0.6 is 0 Å². The Labute approximate surface area is 136 Å². The molecule has 128 valence electrons. The van der Waals surface area contributed by atoms with Crippen LogP contribution in [0.5, 0.6) is 0 Å². The van der Waals surface area contributed by atoms with Gasteiger partial charge in [0.1, 0.15) is 0 Å². The number of aromatic nitrogens is 1. The Balaban J connectivity index is 2.23. The van der Waals surface area contributed by atoms with E-state index >= 15 is 0 Å². The number of aromatic amines is 1. The summed E-state index contributed by atoms with van der Waals surface area (Å²) in [5.41, 5.74) is -0.388. The molecule has 24 heavy (non-hydrogen) atoms. The van der Waals surface area contributed by atoms with E-state index in [0.717, 1.165) is 12.1 Å². The largest absolute Gasteiger partial charge is 0.416 e. The minimum Gasteiger partial charge on any atom is -0.345 e. The van der Waals surface area contributed by atoms with Crippen LogP contribution in [0.3, 0.4) is 0 Å². The van der Waals surface area contributed by atoms with Gasteiger partial charge in [-0.2, -0.15) is 13.2 Å². The highest BCUT2D eigenvalue weighted by Gasteiger charge is 2.30. The number of carbonyl (C=O) groups is 1. The SMILES string of the molecule is CC(C)[C@H](NC(=O)c1cc[nH]c(=O)c1)c1ccc(C(F)(F)F)cc1. The van der Waals surface area contributed by atoms with Crippen LogP contribution in [0.1, 0.15) is 41.4 Å². The van der Waals surface area contributed by atoms with Gasteiger partial charge in [0.2, 0.25) is 5.56 Å². The van der Waals surface area contributed by atoms with E-state index in [1.807, 2.05) is 13.8 Å². The summed E-state index contributed by atoms with van der Waals surface area (Å²) in [6.45, 7) is 3.70. The van der Waals surface area contributed by atoms with Crippen molar-refractivity contribution < 1.29 is 18.0 Å². The molecular formula is C17H17F3N2O2. The average molecular weight is 338 g/mol. The standard InChI is InChI=1S/C17H17F3N2O2/c1-10(2)15(11-3-5-13(6-4-11)17(18,19)20)22-16(24)12-7-8-21-14(23)9-12/h3-10,15H,1-2H3,(H,21,23)(H,22,24)/t15-/m0/s1. The molecule has 1 amide bonds. The minimum absolute atomic E-state index is 0.0484. The molecule has 0 aliphatic rings. The van der Waals surface area contributed by atoms with Gasteiger partial charge in [-0.3, -0.25) is 9.59 Å². The van der Waals surface area contributed by atoms with Crippen molar-refractivity contribution in [2.24, 2.45) is 5.92 Å². The van der Waals surface area contributed by atoms with E-state index in [-0.39, 0.29) is 11.5 Å². The van der Waals surface area contributed by atoms with Crippen molar-refractivity contribution >= 4 is 5.91 Å². The molecule has 0 spiro atoms. The van der Waals surface area contributed by atoms with E-state index < -0.39 is 29.2 Å². The molecule has 0 aliphatic carbocycles. The third-order valence-electron chi connectivity index (χ3n) is 3.59. The Kier molecular flexibility index (Phi) is 5.11. The second kappa shape index (κ2) is 6.90. The molecule has 1 aromatic heterocycles. The van der Waals surface area contributed by atoms with Crippen LogP contribution in [0.4, 0.5) is 13.2 Å². The van der Waals surface area contributed by atoms with Crippen molar-refractivity contribution in [2.45, 2.75) is 26.1 Å². The second-order valence-corrected chi connectivity index (χ2v) is 5.76. The topological polar surface area (TPSA) is 62.0 Å². The summed E-state index contributed by atoms with van der Waals surface area (Å²) in [7, 11) is 0. The molecule has 1 atom stereocenters. The molecule has 2 N–H and O–H groups in total. The van der Waals surface area contributed by atoms with E-state index in [2.05, 4.69) is 10.3 Å². The number of carbonyl (C=O) groups excluding carboxylic acids is 1. The first kappa shape index (κ1) is 17.8. The summed E-state index contributed by atoms with van der Waals surface area (Å²) in [6.07, 6.45) is -3.04. The van der Waals surface area contributed by atoms with Crippen molar-refractivity contribution in [3.63, 3.8) is 0 Å². The average Bonchev–Trinajstić information content (AvgIpc) is 2.51. The molecule has 0 aliphatic heterocycles. The molecule has 0 bridgehead atoms. The number of H-pyrrole nitrogens is 1. The van der Waals surface area contributed by atoms with Crippen LogP contribution in [0.25, 0.3) is 0 Å². The predicted octanol–water partition coefficient (Wildman–Crippen LogP) is 3.52. The van der Waals surface area contributed by atoms with Gasteiger partial charge in [-0.25, -0.2) is 0 Å². The van der Waals surface area contributed by atoms with Crippen LogP contribution < -0.4 is 10.9 Å². The zero-order valence-corrected chi connectivity index (χ0v) is 13.1. The smallest absolute Gasteiger partial charge is 0.345 e. The van der Waals surface area contributed by atoms with E-state index in [0.29, 0.717) is 5.56 Å². The third-order valence-corrected chi connectivity index (χ3v) is 3.59. The van der Waals surface area contributed by atoms with E-state index in [1.54, 1.807) is 0 Å². The monoisotopic (exact) mass is 338 g/mol. The third kappa shape index (κ3) is 4.24. The summed E-state index contributed by atoms with van der Waals surface area (Å²) >= 11 is 0. The van der Waals surface area contributed by atoms with Crippen molar-refractivity contribution in [2.75, 3.05) is 0 Å². The number of benzene rings is 1. The summed E-state index contributed by atoms with van der Waals surface area (Å²) in [5, 5.41) is 2.76. The van der Waals surface area contributed by atoms with Gasteiger partial charge in [0.15, 0.2) is 0 Å². The number of rotatable bonds is 4. The summed E-state index contributed by atoms with van der Waals surface area (Å²) in [4.78, 5) is 26.0. The normalized spacial score (nSPS) is 12.9. The number of alkyl halides is 3. The minimum atomic E-state index is -4.40. The lowest BCUT2D eigenvalue weighted by Crippen LogP contribution is -2.32. The van der Waals surface area contributed by atoms with Gasteiger partial charge in [-0.05, 0) is 29.7 Å². The zero-order chi connectivity index (χ0) is 17.9. The van der Waals surface area contributed by atoms with Crippen molar-refractivity contribution in [1.29, 1.82) is 0 Å². The van der Waals surface area contributed by atoms with Gasteiger partial charge in [0.25, 0.3) is 5.91 Å². The van der Waals surface area contributed by atoms with Gasteiger partial charge in [-0.1, -0.05) is 26.0 Å². The van der Waals surface area contributed by atoms with Crippen LogP contribution in [0, 0.1) is 5.92 Å². The Morgan fingerprint density at radius 1 is 1.12 bits per heavy atom. The highest BCUT2D eigenvalue weighted by molar-refractivity contribution is 5.94. The number of hydrogen-bond donors (Lipinski definition) is 2. The summed E-state index contributed by atoms with van der Waals surface area (Å²) < 4.78 is 37.9. The van der Waals surface area contributed by atoms with Crippen LogP contribution in [0.15, 0.2) is 47.4 Å². The van der Waals surface area contributed by atoms with Gasteiger partial charge in [0, 0.05) is 17.8 Å². The highest BCUT2D eigenvalue weighted by atomic mass is 19.4. The maximum Gasteiger partial charge on any atom is 0.416 e. The molecule has 1 heterocycles. The Bertz CT molecular complexity index is 764. The highest BCUT2D eigenvalue weighted by Crippen LogP contribution is 2.31. The zero-order valence-electron chi connectivity index (χ0n) is 13.1. The molecule has 0 saturated carbocycles. The summed E-state index contributed by atoms with van der Waals surface area (Å²) in [6, 6.07) is 6.84. The van der Waals surface area contributed by atoms with Crippen LogP contribution in [0.2, 0.25) is 0 Å². The van der Waals surface area contributed by atoms with Crippen molar-refractivity contribution in [3.8, 4) is 0 Å². The fourth-order valence-electron chi connectivity index (χ4n) is 2.32. The lowest BCUT2D eigenvalue weighted by Gasteiger charge is -2.23. The Morgan fingerprint density at radius 2 is 1.75 bits per heavy atom. The van der Waals surface area contributed by atoms with Crippen LogP contribution in [-0.4, -0.2) is 10.9 Å². The first-order valence-corrected chi connectivity index (χ1v) is 7.35. The fourth-order valence-corrected chi connectivity index (χ4v) is 2.32. The lowest BCUT2D eigenvalue weighted by atomic mass is 9.94. The number of nitrogens with one attached hydrogen (secondary N) is 2. The molecule has 0 saturated heterocycles. The molecular weight excluding hydrogens is 321 g/mol. The Morgan fingerprint density at radius 3 is 2.25 bits per heavy atom. The Hall–Kier alpha value is -2.57. The number of pyridine rings is 1. The quantitative estimate of drug-likeness (QED) is 0.896. The number of amides is 1. The second-order valence-electron chi connectivity index (χ2n) is 5.76. The molecule has 2 rings (SSSR count). The molecule has 0 fully saturated rings. The van der Waals surface area contributed by atoms with E-state index in [1.165, 1.54) is 30.5 Å². The molecule has 0 radical (unpaired) electrons. The molecule has 7 heteroatoms. The van der Waals surface area contributed by atoms with Crippen molar-refractivity contribution in [3.05, 3.63) is 69.6 Å². The number of hydrogen-bond acceptors (Lipinski definition) is 2. The maximum atomic E-state index is 12.6. The lowest BCUT2D eigenvalue weighted by molar-refractivity contribution is -0.137. The van der Waals surface area contributed by atoms with Crippen molar-refractivity contribution in [1.82, 2.24) is 10.3 Å². The first-order valence-electron chi connectivity index (χ1n) is 7.35. The predicted molar refractivity (Wildman–Crippen MR) is 83.6 cm³/mol. The first-order chi connectivity index (χ1) is 11.2.